The molecule has 1 aromatic carbocycles. The average Bonchev–Trinajstić information content (AvgIpc) is 2.97. The summed E-state index contributed by atoms with van der Waals surface area (Å²) in [5, 5.41) is 3.46. The largest absolute Gasteiger partial charge is 0.373 e. The number of fused-ring (bicyclic) bond motifs is 3. The molecular formula is C17H21FN4O2. The number of nitrogens with one attached hydrogen (secondary N) is 2. The molecule has 2 heterocycles. The van der Waals surface area contributed by atoms with Gasteiger partial charge in [-0.15, -0.1) is 0 Å². The van der Waals surface area contributed by atoms with E-state index >= 15 is 0 Å². The molecule has 4 rings (SSSR count). The standard InChI is InChI=1S/C17H21FN4O2/c1-24-17(9-3-2-4-10(17)8-20-7-9)12-5-11(18)6-13-14(12)22-16(21-13)15(19)23/h5-6,9-10,20H,2-4,7-8H2,1H3,(H2,19,23)(H,21,22). The van der Waals surface area contributed by atoms with Crippen LogP contribution in [0, 0.1) is 17.7 Å². The number of imidazole rings is 1. The molecule has 6 nitrogen and oxygen atoms in total. The molecule has 1 amide bonds. The Morgan fingerprint density at radius 3 is 2.71 bits per heavy atom. The van der Waals surface area contributed by atoms with Gasteiger partial charge in [0.2, 0.25) is 0 Å². The molecule has 1 aromatic heterocycles. The summed E-state index contributed by atoms with van der Waals surface area (Å²) in [6.45, 7) is 1.66. The molecule has 0 radical (unpaired) electrons. The number of ether oxygens (including phenoxy) is 1. The molecule has 2 aromatic rings. The van der Waals surface area contributed by atoms with Crippen molar-refractivity contribution in [2.24, 2.45) is 17.6 Å². The molecule has 1 saturated carbocycles. The number of piperidine rings is 1. The summed E-state index contributed by atoms with van der Waals surface area (Å²) in [6.07, 6.45) is 3.18. The van der Waals surface area contributed by atoms with Crippen LogP contribution >= 0.6 is 0 Å². The number of H-pyrrole nitrogens is 1. The quantitative estimate of drug-likeness (QED) is 0.797. The first-order valence-electron chi connectivity index (χ1n) is 8.31. The first kappa shape index (κ1) is 15.5. The minimum Gasteiger partial charge on any atom is -0.373 e. The number of halogens is 1. The van der Waals surface area contributed by atoms with Crippen LogP contribution in [-0.2, 0) is 10.3 Å². The molecule has 1 saturated heterocycles. The van der Waals surface area contributed by atoms with Crippen LogP contribution in [-0.4, -0.2) is 36.1 Å². The number of methoxy groups -OCH3 is 1. The molecule has 24 heavy (non-hydrogen) atoms. The monoisotopic (exact) mass is 332 g/mol. The van der Waals surface area contributed by atoms with Gasteiger partial charge in [-0.3, -0.25) is 4.79 Å². The van der Waals surface area contributed by atoms with Gasteiger partial charge in [-0.05, 0) is 25.0 Å². The number of carbonyl (C=O) groups excluding carboxylic acids is 1. The smallest absolute Gasteiger partial charge is 0.284 e. The molecule has 1 aliphatic heterocycles. The van der Waals surface area contributed by atoms with Crippen LogP contribution in [0.1, 0.15) is 35.4 Å². The third-order valence-corrected chi connectivity index (χ3v) is 5.64. The minimum atomic E-state index is -0.658. The molecule has 0 spiro atoms. The third kappa shape index (κ3) is 2.08. The van der Waals surface area contributed by atoms with Crippen LogP contribution in [0.4, 0.5) is 4.39 Å². The Morgan fingerprint density at radius 2 is 2.08 bits per heavy atom. The van der Waals surface area contributed by atoms with Crippen molar-refractivity contribution in [3.05, 3.63) is 29.3 Å². The van der Waals surface area contributed by atoms with Crippen molar-refractivity contribution in [3.63, 3.8) is 0 Å². The lowest BCUT2D eigenvalue weighted by Crippen LogP contribution is -2.58. The number of carbonyl (C=O) groups is 1. The number of nitrogens with zero attached hydrogens (tertiary/aromatic N) is 1. The Morgan fingerprint density at radius 1 is 1.38 bits per heavy atom. The summed E-state index contributed by atoms with van der Waals surface area (Å²) in [5.74, 6) is -0.496. The minimum absolute atomic E-state index is 0.0437. The number of hydrogen-bond donors (Lipinski definition) is 3. The van der Waals surface area contributed by atoms with Gasteiger partial charge in [0.1, 0.15) is 11.4 Å². The van der Waals surface area contributed by atoms with E-state index in [0.717, 1.165) is 37.9 Å². The van der Waals surface area contributed by atoms with E-state index in [4.69, 9.17) is 10.5 Å². The first-order valence-corrected chi connectivity index (χ1v) is 8.31. The fraction of sp³-hybridized carbons (Fsp3) is 0.529. The van der Waals surface area contributed by atoms with Crippen LogP contribution in [0.5, 0.6) is 0 Å². The normalized spacial score (nSPS) is 29.8. The number of aromatic amines is 1. The second-order valence-corrected chi connectivity index (χ2v) is 6.78. The second-order valence-electron chi connectivity index (χ2n) is 6.78. The van der Waals surface area contributed by atoms with E-state index in [1.165, 1.54) is 12.1 Å². The van der Waals surface area contributed by atoms with E-state index in [0.29, 0.717) is 11.0 Å². The van der Waals surface area contributed by atoms with Gasteiger partial charge in [0.05, 0.1) is 11.0 Å². The van der Waals surface area contributed by atoms with E-state index in [1.807, 2.05) is 0 Å². The zero-order valence-corrected chi connectivity index (χ0v) is 13.6. The molecule has 2 bridgehead atoms. The fourth-order valence-electron chi connectivity index (χ4n) is 4.69. The van der Waals surface area contributed by atoms with Crippen molar-refractivity contribution in [1.82, 2.24) is 15.3 Å². The zero-order chi connectivity index (χ0) is 16.9. The SMILES string of the molecule is COC1(c2cc(F)cc3[nH]c(C(N)=O)nc23)C2CCCC1CNC2. The number of nitrogens with two attached hydrogens (primary N) is 1. The van der Waals surface area contributed by atoms with Crippen LogP contribution < -0.4 is 11.1 Å². The number of hydrogen-bond acceptors (Lipinski definition) is 4. The zero-order valence-electron chi connectivity index (χ0n) is 13.6. The fourth-order valence-corrected chi connectivity index (χ4v) is 4.69. The lowest BCUT2D eigenvalue weighted by Gasteiger charge is -2.52. The maximum atomic E-state index is 14.3. The highest BCUT2D eigenvalue weighted by atomic mass is 19.1. The number of aromatic nitrogens is 2. The summed E-state index contributed by atoms with van der Waals surface area (Å²) in [4.78, 5) is 18.7. The average molecular weight is 332 g/mol. The molecule has 2 aliphatic rings. The number of benzene rings is 1. The lowest BCUT2D eigenvalue weighted by molar-refractivity contribution is -0.143. The highest BCUT2D eigenvalue weighted by Crippen LogP contribution is 2.51. The Bertz CT molecular complexity index is 781. The molecule has 2 fully saturated rings. The van der Waals surface area contributed by atoms with E-state index < -0.39 is 11.5 Å². The summed E-state index contributed by atoms with van der Waals surface area (Å²) in [5.41, 5.74) is 6.52. The predicted octanol–water partition coefficient (Wildman–Crippen LogP) is 1.66. The molecule has 2 atom stereocenters. The van der Waals surface area contributed by atoms with Crippen molar-refractivity contribution >= 4 is 16.9 Å². The topological polar surface area (TPSA) is 93.0 Å². The highest BCUT2D eigenvalue weighted by molar-refractivity contribution is 5.93. The Balaban J connectivity index is 1.98. The summed E-state index contributed by atoms with van der Waals surface area (Å²) in [6, 6.07) is 2.85. The van der Waals surface area contributed by atoms with Crippen LogP contribution in [0.3, 0.4) is 0 Å². The van der Waals surface area contributed by atoms with Crippen molar-refractivity contribution < 1.29 is 13.9 Å². The van der Waals surface area contributed by atoms with Gasteiger partial charge >= 0.3 is 0 Å². The highest BCUT2D eigenvalue weighted by Gasteiger charge is 2.52. The molecule has 128 valence electrons. The summed E-state index contributed by atoms with van der Waals surface area (Å²) < 4.78 is 20.4. The molecular weight excluding hydrogens is 311 g/mol. The van der Waals surface area contributed by atoms with Crippen LogP contribution in [0.25, 0.3) is 11.0 Å². The van der Waals surface area contributed by atoms with E-state index in [-0.39, 0.29) is 23.5 Å². The second kappa shape index (κ2) is 5.53. The van der Waals surface area contributed by atoms with Crippen molar-refractivity contribution in [2.75, 3.05) is 20.2 Å². The molecule has 2 unspecified atom stereocenters. The van der Waals surface area contributed by atoms with Crippen LogP contribution in [0.15, 0.2) is 12.1 Å². The van der Waals surface area contributed by atoms with E-state index in [9.17, 15) is 9.18 Å². The van der Waals surface area contributed by atoms with Crippen molar-refractivity contribution in [1.29, 1.82) is 0 Å². The summed E-state index contributed by atoms with van der Waals surface area (Å²) >= 11 is 0. The van der Waals surface area contributed by atoms with Gasteiger partial charge in [-0.2, -0.15) is 0 Å². The number of rotatable bonds is 3. The Kier molecular flexibility index (Phi) is 3.58. The number of amides is 1. The predicted molar refractivity (Wildman–Crippen MR) is 87.0 cm³/mol. The maximum Gasteiger partial charge on any atom is 0.284 e. The van der Waals surface area contributed by atoms with Crippen LogP contribution in [0.2, 0.25) is 0 Å². The van der Waals surface area contributed by atoms with E-state index in [1.54, 1.807) is 7.11 Å². The first-order chi connectivity index (χ1) is 11.6. The third-order valence-electron chi connectivity index (χ3n) is 5.64. The molecule has 1 aliphatic carbocycles. The van der Waals surface area contributed by atoms with Gasteiger partial charge < -0.3 is 20.8 Å². The van der Waals surface area contributed by atoms with Gasteiger partial charge in [0.15, 0.2) is 5.82 Å². The Labute approximate surface area is 139 Å². The molecule has 4 N–H and O–H groups in total. The van der Waals surface area contributed by atoms with Gasteiger partial charge in [-0.25, -0.2) is 9.37 Å². The van der Waals surface area contributed by atoms with Gasteiger partial charge in [0, 0.05) is 37.6 Å². The lowest BCUT2D eigenvalue weighted by atomic mass is 9.62. The summed E-state index contributed by atoms with van der Waals surface area (Å²) in [7, 11) is 1.69. The van der Waals surface area contributed by atoms with E-state index in [2.05, 4.69) is 15.3 Å². The molecule has 7 heteroatoms. The maximum absolute atomic E-state index is 14.3. The van der Waals surface area contributed by atoms with Gasteiger partial charge in [-0.1, -0.05) is 6.42 Å². The van der Waals surface area contributed by atoms with Gasteiger partial charge in [0.25, 0.3) is 5.91 Å². The number of primary amides is 1. The Hall–Kier alpha value is -1.99. The van der Waals surface area contributed by atoms with Crippen molar-refractivity contribution in [2.45, 2.75) is 24.9 Å². The van der Waals surface area contributed by atoms with Crippen molar-refractivity contribution in [3.8, 4) is 0 Å².